The summed E-state index contributed by atoms with van der Waals surface area (Å²) in [4.78, 5) is 11.7. The maximum atomic E-state index is 13.3. The molecule has 0 unspecified atom stereocenters. The van der Waals surface area contributed by atoms with E-state index in [1.165, 1.54) is 13.0 Å². The molecule has 17 heavy (non-hydrogen) atoms. The van der Waals surface area contributed by atoms with Gasteiger partial charge in [-0.3, -0.25) is 4.79 Å². The minimum absolute atomic E-state index is 0.268. The summed E-state index contributed by atoms with van der Waals surface area (Å²) in [5.41, 5.74) is -1.49. The molecule has 1 aromatic rings. The average Bonchev–Trinajstić information content (AvgIpc) is 2.28. The van der Waals surface area contributed by atoms with Crippen molar-refractivity contribution >= 4 is 5.91 Å². The number of amides is 1. The summed E-state index contributed by atoms with van der Waals surface area (Å²) in [5, 5.41) is 29.3. The number of aliphatic hydroxyl groups is 2. The first-order chi connectivity index (χ1) is 7.91. The van der Waals surface area contributed by atoms with Crippen LogP contribution in [-0.4, -0.2) is 40.0 Å². The number of hydrogen-bond donors (Lipinski definition) is 4. The van der Waals surface area contributed by atoms with E-state index in [4.69, 9.17) is 15.3 Å². The van der Waals surface area contributed by atoms with Crippen LogP contribution in [0.25, 0.3) is 0 Å². The Bertz CT molecular complexity index is 418. The molecule has 4 N–H and O–H groups in total. The van der Waals surface area contributed by atoms with Crippen LogP contribution in [0.4, 0.5) is 4.39 Å². The molecule has 5 nitrogen and oxygen atoms in total. The van der Waals surface area contributed by atoms with Gasteiger partial charge in [0.2, 0.25) is 0 Å². The van der Waals surface area contributed by atoms with E-state index in [2.05, 4.69) is 5.32 Å². The number of nitrogens with one attached hydrogen (secondary N) is 1. The summed E-state index contributed by atoms with van der Waals surface area (Å²) in [6.45, 7) is 0.465. The zero-order valence-electron chi connectivity index (χ0n) is 9.27. The standard InChI is InChI=1S/C11H14FNO4/c1-11(5-14,6-15)13-10(17)8-3-2-7(16)4-9(8)12/h2-4,14-16H,5-6H2,1H3,(H,13,17). The summed E-state index contributed by atoms with van der Waals surface area (Å²) in [6, 6.07) is 3.10. The monoisotopic (exact) mass is 243 g/mol. The van der Waals surface area contributed by atoms with Gasteiger partial charge in [-0.1, -0.05) is 0 Å². The summed E-state index contributed by atoms with van der Waals surface area (Å²) in [7, 11) is 0. The van der Waals surface area contributed by atoms with Crippen molar-refractivity contribution in [3.8, 4) is 5.75 Å². The van der Waals surface area contributed by atoms with Crippen LogP contribution >= 0.6 is 0 Å². The Hall–Kier alpha value is -1.66. The molecular formula is C11H14FNO4. The molecule has 1 amide bonds. The van der Waals surface area contributed by atoms with Gasteiger partial charge in [0.1, 0.15) is 11.6 Å². The molecule has 0 heterocycles. The van der Waals surface area contributed by atoms with E-state index in [0.717, 1.165) is 12.1 Å². The lowest BCUT2D eigenvalue weighted by atomic mass is 10.0. The number of phenolic OH excluding ortho intramolecular Hbond substituents is 1. The molecule has 0 saturated heterocycles. The van der Waals surface area contributed by atoms with Gasteiger partial charge in [-0.2, -0.15) is 0 Å². The summed E-state index contributed by atoms with van der Waals surface area (Å²) < 4.78 is 13.3. The number of hydrogen-bond acceptors (Lipinski definition) is 4. The third-order valence-corrected chi connectivity index (χ3v) is 2.31. The Morgan fingerprint density at radius 1 is 1.41 bits per heavy atom. The van der Waals surface area contributed by atoms with Gasteiger partial charge in [0.05, 0.1) is 24.3 Å². The summed E-state index contributed by atoms with van der Waals surface area (Å²) in [6.07, 6.45) is 0. The van der Waals surface area contributed by atoms with Crippen molar-refractivity contribution in [2.45, 2.75) is 12.5 Å². The lowest BCUT2D eigenvalue weighted by Crippen LogP contribution is -2.51. The Balaban J connectivity index is 2.90. The van der Waals surface area contributed by atoms with Crippen LogP contribution < -0.4 is 5.32 Å². The maximum absolute atomic E-state index is 13.3. The molecule has 0 radical (unpaired) electrons. The second kappa shape index (κ2) is 5.11. The molecule has 0 fully saturated rings. The van der Waals surface area contributed by atoms with Crippen molar-refractivity contribution in [1.29, 1.82) is 0 Å². The Labute approximate surface area is 97.5 Å². The first-order valence-corrected chi connectivity index (χ1v) is 4.94. The molecule has 0 aliphatic rings. The maximum Gasteiger partial charge on any atom is 0.254 e. The van der Waals surface area contributed by atoms with Crippen LogP contribution in [0.2, 0.25) is 0 Å². The molecule has 0 saturated carbocycles. The van der Waals surface area contributed by atoms with Gasteiger partial charge in [-0.15, -0.1) is 0 Å². The minimum Gasteiger partial charge on any atom is -0.508 e. The molecule has 1 rings (SSSR count). The van der Waals surface area contributed by atoms with Crippen molar-refractivity contribution in [2.24, 2.45) is 0 Å². The van der Waals surface area contributed by atoms with Crippen LogP contribution in [0, 0.1) is 5.82 Å². The second-order valence-electron chi connectivity index (χ2n) is 4.00. The molecule has 6 heteroatoms. The first-order valence-electron chi connectivity index (χ1n) is 4.94. The molecule has 0 aliphatic carbocycles. The molecular weight excluding hydrogens is 229 g/mol. The predicted molar refractivity (Wildman–Crippen MR) is 58.1 cm³/mol. The predicted octanol–water partition coefficient (Wildman–Crippen LogP) is 0.00440. The molecule has 1 aromatic carbocycles. The van der Waals surface area contributed by atoms with E-state index in [9.17, 15) is 9.18 Å². The van der Waals surface area contributed by atoms with Gasteiger partial charge < -0.3 is 20.6 Å². The van der Waals surface area contributed by atoms with E-state index in [1.54, 1.807) is 0 Å². The first kappa shape index (κ1) is 13.4. The number of rotatable bonds is 4. The molecule has 0 aromatic heterocycles. The van der Waals surface area contributed by atoms with Gasteiger partial charge >= 0.3 is 0 Å². The van der Waals surface area contributed by atoms with Crippen LogP contribution in [-0.2, 0) is 0 Å². The van der Waals surface area contributed by atoms with Gasteiger partial charge in [0, 0.05) is 6.07 Å². The molecule has 94 valence electrons. The number of carbonyl (C=O) groups excluding carboxylic acids is 1. The third kappa shape index (κ3) is 3.15. The fourth-order valence-corrected chi connectivity index (χ4v) is 1.16. The van der Waals surface area contributed by atoms with E-state index in [0.29, 0.717) is 0 Å². The zero-order valence-corrected chi connectivity index (χ0v) is 9.27. The van der Waals surface area contributed by atoms with Crippen molar-refractivity contribution in [3.63, 3.8) is 0 Å². The number of carbonyl (C=O) groups is 1. The van der Waals surface area contributed by atoms with Gasteiger partial charge in [0.15, 0.2) is 0 Å². The number of aliphatic hydroxyl groups excluding tert-OH is 2. The van der Waals surface area contributed by atoms with E-state index in [1.807, 2.05) is 0 Å². The number of halogens is 1. The highest BCUT2D eigenvalue weighted by Crippen LogP contribution is 2.15. The van der Waals surface area contributed by atoms with Gasteiger partial charge in [0.25, 0.3) is 5.91 Å². The fourth-order valence-electron chi connectivity index (χ4n) is 1.16. The summed E-state index contributed by atoms with van der Waals surface area (Å²) in [5.74, 6) is -1.93. The fraction of sp³-hybridized carbons (Fsp3) is 0.364. The van der Waals surface area contributed by atoms with Gasteiger partial charge in [-0.05, 0) is 19.1 Å². The summed E-state index contributed by atoms with van der Waals surface area (Å²) >= 11 is 0. The zero-order chi connectivity index (χ0) is 13.1. The number of benzene rings is 1. The normalized spacial score (nSPS) is 11.3. The number of phenols is 1. The molecule has 0 atom stereocenters. The van der Waals surface area contributed by atoms with Crippen LogP contribution in [0.1, 0.15) is 17.3 Å². The Morgan fingerprint density at radius 2 is 2.00 bits per heavy atom. The highest BCUT2D eigenvalue weighted by Gasteiger charge is 2.26. The quantitative estimate of drug-likeness (QED) is 0.599. The lowest BCUT2D eigenvalue weighted by molar-refractivity contribution is 0.0720. The number of aromatic hydroxyl groups is 1. The van der Waals surface area contributed by atoms with Gasteiger partial charge in [-0.25, -0.2) is 4.39 Å². The van der Waals surface area contributed by atoms with Crippen molar-refractivity contribution in [2.75, 3.05) is 13.2 Å². The van der Waals surface area contributed by atoms with Crippen LogP contribution in [0.5, 0.6) is 5.75 Å². The molecule has 0 aliphatic heterocycles. The lowest BCUT2D eigenvalue weighted by Gasteiger charge is -2.26. The van der Waals surface area contributed by atoms with Crippen LogP contribution in [0.15, 0.2) is 18.2 Å². The van der Waals surface area contributed by atoms with E-state index in [-0.39, 0.29) is 11.3 Å². The van der Waals surface area contributed by atoms with Crippen molar-refractivity contribution in [3.05, 3.63) is 29.6 Å². The Morgan fingerprint density at radius 3 is 2.47 bits per heavy atom. The smallest absolute Gasteiger partial charge is 0.254 e. The minimum atomic E-state index is -1.22. The second-order valence-corrected chi connectivity index (χ2v) is 4.00. The van der Waals surface area contributed by atoms with E-state index < -0.39 is 30.5 Å². The highest BCUT2D eigenvalue weighted by molar-refractivity contribution is 5.95. The van der Waals surface area contributed by atoms with Crippen molar-refractivity contribution < 1.29 is 24.5 Å². The highest BCUT2D eigenvalue weighted by atomic mass is 19.1. The molecule has 0 spiro atoms. The van der Waals surface area contributed by atoms with E-state index >= 15 is 0 Å². The topological polar surface area (TPSA) is 89.8 Å². The third-order valence-electron chi connectivity index (χ3n) is 2.31. The molecule has 0 bridgehead atoms. The van der Waals surface area contributed by atoms with Crippen molar-refractivity contribution in [1.82, 2.24) is 5.32 Å². The SMILES string of the molecule is CC(CO)(CO)NC(=O)c1ccc(O)cc1F. The largest absolute Gasteiger partial charge is 0.508 e. The Kier molecular flexibility index (Phi) is 4.03. The average molecular weight is 243 g/mol. The van der Waals surface area contributed by atoms with Crippen LogP contribution in [0.3, 0.4) is 0 Å².